The average Bonchev–Trinajstić information content (AvgIpc) is 1.67. The summed E-state index contributed by atoms with van der Waals surface area (Å²) in [4.78, 5) is 79.1. The van der Waals surface area contributed by atoms with Gasteiger partial charge in [0.05, 0.1) is 89.1 Å². The number of rotatable bonds is 15. The zero-order valence-electron chi connectivity index (χ0n) is 54.8. The molecule has 5 aromatic rings. The van der Waals surface area contributed by atoms with E-state index < -0.39 is 6.85 Å². The molecule has 2 aromatic heterocycles. The molecule has 0 saturated heterocycles. The first-order valence-electron chi connectivity index (χ1n) is 30.9. The Bertz CT molecular complexity index is 3230. The van der Waals surface area contributed by atoms with E-state index in [1.807, 2.05) is 90.8 Å². The molecule has 0 bridgehead atoms. The van der Waals surface area contributed by atoms with Gasteiger partial charge in [0.1, 0.15) is 0 Å². The highest BCUT2D eigenvalue weighted by Crippen LogP contribution is 2.31. The molecule has 8 rings (SSSR count). The standard InChI is InChI=1S/2C21H28N4O3.C14H21NO3.C7H7N3.C2H3N/c1-15-13-24(19(26)9-10-20(27)28-3)12-11-18-21(16(15)2)22-23-25(18)14-17-7-5-4-6-8-17;1-15-13-24(19(26)9-10-20(27)28-3)12-11-18-21(16(15)2)25(23-22-18)14-17-7-5-4-6-8-17;1-11-6-4-5-9-15(10-12(11)2)13(16)7-8-14(17)18-3;8-10-9-6-7-4-2-1-3-5-7;1-2-3/h2*4-8,15-16H,9-14H2,1-3H3;11-12H,5,7-10H2,1-3H3;1-5H,6H2;1H3/t2*15-,16+;11-,12-;;/m000../s1/i;;;;1D3. The summed E-state index contributed by atoms with van der Waals surface area (Å²) in [5.74, 6) is 6.85. The van der Waals surface area contributed by atoms with Crippen LogP contribution >= 0.6 is 0 Å². The van der Waals surface area contributed by atoms with Crippen LogP contribution in [0.15, 0.2) is 96.1 Å². The molecule has 0 N–H and O–H groups in total. The number of amides is 3. The Kier molecular flexibility index (Phi) is 28.8. The minimum absolute atomic E-state index is 0.00464. The molecule has 0 fully saturated rings. The molecule has 0 saturated carbocycles. The Morgan fingerprint density at radius 1 is 0.621 bits per heavy atom. The lowest BCUT2D eigenvalue weighted by molar-refractivity contribution is -0.144. The number of methoxy groups -OCH3 is 3. The number of carbonyl (C=O) groups is 6. The SMILES string of the molecule is COC(=O)CCC(=O)N1CCC#C[C@H](C)[C@@H](C)C1.COC(=O)CCC(=O)N1CCc2c(nnn2Cc2ccccc2)[C@H](C)[C@@H](C)C1.COC(=O)CCC(=O)N1CCc2nnn(Cc3ccccc3)c2[C@H](C)[C@@H](C)C1.[2H]C([2H])([2H])C#N.[N-]=[N+]=NCc1ccccc1. The van der Waals surface area contributed by atoms with Gasteiger partial charge in [-0.15, -0.1) is 16.1 Å². The van der Waals surface area contributed by atoms with E-state index in [9.17, 15) is 28.8 Å². The monoisotopic (exact) mass is 1200 g/mol. The van der Waals surface area contributed by atoms with Gasteiger partial charge in [0.15, 0.2) is 0 Å². The number of aromatic nitrogens is 6. The number of nitrogens with zero attached hydrogens (tertiary/aromatic N) is 13. The van der Waals surface area contributed by atoms with Gasteiger partial charge >= 0.3 is 17.9 Å². The summed E-state index contributed by atoms with van der Waals surface area (Å²) in [7, 11) is 4.02. The number of hydrogen-bond acceptors (Lipinski definition) is 15. The molecule has 3 aromatic carbocycles. The third kappa shape index (κ3) is 23.8. The van der Waals surface area contributed by atoms with Crippen LogP contribution in [0.2, 0.25) is 0 Å². The molecule has 87 heavy (non-hydrogen) atoms. The van der Waals surface area contributed by atoms with Crippen molar-refractivity contribution >= 4 is 35.6 Å². The van der Waals surface area contributed by atoms with Crippen LogP contribution in [0, 0.1) is 46.8 Å². The van der Waals surface area contributed by atoms with E-state index >= 15 is 0 Å². The van der Waals surface area contributed by atoms with Crippen LogP contribution in [-0.4, -0.2) is 141 Å². The first kappa shape index (κ1) is 65.7. The predicted molar refractivity (Wildman–Crippen MR) is 328 cm³/mol. The van der Waals surface area contributed by atoms with Gasteiger partial charge in [-0.25, -0.2) is 9.36 Å². The van der Waals surface area contributed by atoms with Gasteiger partial charge in [-0.3, -0.25) is 28.8 Å². The van der Waals surface area contributed by atoms with E-state index in [2.05, 4.69) is 123 Å². The lowest BCUT2D eigenvalue weighted by Crippen LogP contribution is -2.39. The van der Waals surface area contributed by atoms with Gasteiger partial charge in [-0.2, -0.15) is 5.26 Å². The molecule has 22 nitrogen and oxygen atoms in total. The van der Waals surface area contributed by atoms with Crippen LogP contribution in [0.4, 0.5) is 0 Å². The van der Waals surface area contributed by atoms with Gasteiger partial charge in [0, 0.05) is 111 Å². The van der Waals surface area contributed by atoms with E-state index in [1.54, 1.807) is 0 Å². The summed E-state index contributed by atoms with van der Waals surface area (Å²) in [6, 6.07) is 31.1. The number of hydrogen-bond donors (Lipinski definition) is 0. The van der Waals surface area contributed by atoms with Crippen molar-refractivity contribution < 1.29 is 47.1 Å². The smallest absolute Gasteiger partial charge is 0.306 e. The van der Waals surface area contributed by atoms with Crippen molar-refractivity contribution in [3.8, 4) is 17.9 Å². The molecule has 3 aliphatic rings. The summed E-state index contributed by atoms with van der Waals surface area (Å²) in [6.45, 7) is 16.1. The third-order valence-corrected chi connectivity index (χ3v) is 15.6. The highest BCUT2D eigenvalue weighted by Gasteiger charge is 2.32. The lowest BCUT2D eigenvalue weighted by atomic mass is 9.88. The molecular formula is C65H87N13O9. The Balaban J connectivity index is 0.000000261. The summed E-state index contributed by atoms with van der Waals surface area (Å²) >= 11 is 0. The van der Waals surface area contributed by atoms with Gasteiger partial charge in [-0.05, 0) is 40.0 Å². The van der Waals surface area contributed by atoms with Crippen molar-refractivity contribution in [3.05, 3.63) is 141 Å². The quantitative estimate of drug-likeness (QED) is 0.0236. The number of carbonyl (C=O) groups excluding carboxylic acids is 6. The first-order chi connectivity index (χ1) is 43.0. The summed E-state index contributed by atoms with van der Waals surface area (Å²) in [5.41, 5.74) is 15.6. The Morgan fingerprint density at radius 2 is 1.06 bits per heavy atom. The van der Waals surface area contributed by atoms with Crippen molar-refractivity contribution in [2.45, 2.75) is 138 Å². The second-order valence-electron chi connectivity index (χ2n) is 21.7. The van der Waals surface area contributed by atoms with Crippen LogP contribution < -0.4 is 0 Å². The minimum Gasteiger partial charge on any atom is -0.469 e. The van der Waals surface area contributed by atoms with Crippen LogP contribution in [0.1, 0.15) is 149 Å². The van der Waals surface area contributed by atoms with Gasteiger partial charge in [0.25, 0.3) is 0 Å². The molecule has 6 atom stereocenters. The number of nitriles is 1. The number of benzene rings is 3. The van der Waals surface area contributed by atoms with Gasteiger partial charge in [0.2, 0.25) is 17.7 Å². The van der Waals surface area contributed by atoms with Crippen molar-refractivity contribution in [1.29, 1.82) is 5.26 Å². The number of azide groups is 1. The molecule has 0 spiro atoms. The molecule has 22 heteroatoms. The van der Waals surface area contributed by atoms with E-state index in [1.165, 1.54) is 32.5 Å². The maximum Gasteiger partial charge on any atom is 0.306 e. The first-order valence-corrected chi connectivity index (χ1v) is 29.4. The molecule has 0 radical (unpaired) electrons. The zero-order valence-corrected chi connectivity index (χ0v) is 51.8. The summed E-state index contributed by atoms with van der Waals surface area (Å²) in [6.07, 6.45) is 3.07. The van der Waals surface area contributed by atoms with E-state index in [0.29, 0.717) is 83.5 Å². The molecule has 0 unspecified atom stereocenters. The van der Waals surface area contributed by atoms with Crippen LogP contribution in [0.5, 0.6) is 0 Å². The van der Waals surface area contributed by atoms with Gasteiger partial charge < -0.3 is 28.9 Å². The highest BCUT2D eigenvalue weighted by atomic mass is 16.5. The fourth-order valence-electron chi connectivity index (χ4n) is 9.91. The zero-order chi connectivity index (χ0) is 66.2. The second-order valence-corrected chi connectivity index (χ2v) is 21.7. The Labute approximate surface area is 516 Å². The average molecular weight is 1200 g/mol. The maximum atomic E-state index is 12.6. The number of ether oxygens (including phenoxy) is 3. The van der Waals surface area contributed by atoms with Gasteiger partial charge in [-0.1, -0.05) is 154 Å². The fourth-order valence-corrected chi connectivity index (χ4v) is 9.91. The lowest BCUT2D eigenvalue weighted by Gasteiger charge is -2.32. The van der Waals surface area contributed by atoms with Crippen molar-refractivity contribution in [3.63, 3.8) is 0 Å². The maximum absolute atomic E-state index is 12.6. The molecule has 5 heterocycles. The molecular weight excluding hydrogens is 1110 g/mol. The molecule has 0 aliphatic carbocycles. The predicted octanol–water partition coefficient (Wildman–Crippen LogP) is 9.28. The highest BCUT2D eigenvalue weighted by molar-refractivity contribution is 5.82. The Hall–Kier alpha value is -8.88. The van der Waals surface area contributed by atoms with E-state index in [4.69, 9.17) is 14.9 Å². The van der Waals surface area contributed by atoms with Crippen LogP contribution in [0.3, 0.4) is 0 Å². The molecule has 3 aliphatic heterocycles. The van der Waals surface area contributed by atoms with Crippen molar-refractivity contribution in [1.82, 2.24) is 44.7 Å². The second kappa shape index (κ2) is 38.2. The molecule has 466 valence electrons. The number of fused-ring (bicyclic) bond motifs is 2. The van der Waals surface area contributed by atoms with E-state index in [-0.39, 0.29) is 97.8 Å². The summed E-state index contributed by atoms with van der Waals surface area (Å²) < 4.78 is 36.2. The molecule has 3 amide bonds. The number of esters is 3. The van der Waals surface area contributed by atoms with Crippen LogP contribution in [0.25, 0.3) is 10.4 Å². The minimum atomic E-state index is -2.40. The van der Waals surface area contributed by atoms with Crippen molar-refractivity contribution in [2.24, 2.45) is 28.8 Å². The largest absolute Gasteiger partial charge is 0.469 e. The third-order valence-electron chi connectivity index (χ3n) is 15.6. The van der Waals surface area contributed by atoms with Crippen molar-refractivity contribution in [2.75, 3.05) is 60.6 Å². The Morgan fingerprint density at radius 3 is 1.54 bits per heavy atom. The fraction of sp³-hybridized carbons (Fsp3) is 0.523. The van der Waals surface area contributed by atoms with E-state index in [0.717, 1.165) is 41.0 Å². The normalized spacial score (nSPS) is 19.1. The summed E-state index contributed by atoms with van der Waals surface area (Å²) in [5, 5.41) is 28.7. The van der Waals surface area contributed by atoms with Crippen LogP contribution in [-0.2, 0) is 75.5 Å². The topological polar surface area (TPSA) is 274 Å².